The van der Waals surface area contributed by atoms with Crippen molar-refractivity contribution in [2.75, 3.05) is 34.9 Å². The van der Waals surface area contributed by atoms with E-state index in [-0.39, 0.29) is 35.3 Å². The van der Waals surface area contributed by atoms with Crippen LogP contribution in [0.5, 0.6) is 0 Å². The van der Waals surface area contributed by atoms with E-state index in [0.29, 0.717) is 24.2 Å². The van der Waals surface area contributed by atoms with Gasteiger partial charge in [-0.3, -0.25) is 14.4 Å². The molecule has 0 bridgehead atoms. The van der Waals surface area contributed by atoms with Crippen molar-refractivity contribution in [1.29, 1.82) is 0 Å². The third-order valence-electron chi connectivity index (χ3n) is 3.97. The summed E-state index contributed by atoms with van der Waals surface area (Å²) in [4.78, 5) is 41.0. The molecule has 1 aromatic carbocycles. The molecular weight excluding hydrogens is 308 g/mol. The van der Waals surface area contributed by atoms with E-state index in [1.807, 2.05) is 0 Å². The van der Waals surface area contributed by atoms with Crippen LogP contribution in [0.2, 0.25) is 0 Å². The second kappa shape index (κ2) is 7.40. The summed E-state index contributed by atoms with van der Waals surface area (Å²) in [5.41, 5.74) is 1.07. The Kier molecular flexibility index (Phi) is 5.51. The highest BCUT2D eigenvalue weighted by molar-refractivity contribution is 6.27. The Morgan fingerprint density at radius 2 is 1.54 bits per heavy atom. The minimum Gasteiger partial charge on any atom is -0.385 e. The van der Waals surface area contributed by atoms with Crippen LogP contribution < -0.4 is 0 Å². The number of Topliss-reactive ketones (excluding diaryl/α,β-unsaturated/α-hetero) is 2. The molecule has 1 aliphatic rings. The van der Waals surface area contributed by atoms with Crippen LogP contribution in [0.4, 0.5) is 0 Å². The number of ether oxygens (including phenoxy) is 1. The van der Waals surface area contributed by atoms with Crippen molar-refractivity contribution in [2.24, 2.45) is 0 Å². The van der Waals surface area contributed by atoms with Gasteiger partial charge >= 0.3 is 0 Å². The lowest BCUT2D eigenvalue weighted by Gasteiger charge is -2.30. The molecule has 0 aromatic heterocycles. The smallest absolute Gasteiger partial charge is 0.226 e. The monoisotopic (exact) mass is 330 g/mol. The first-order chi connectivity index (χ1) is 11.4. The van der Waals surface area contributed by atoms with Gasteiger partial charge in [0.15, 0.2) is 0 Å². The molecule has 0 heterocycles. The van der Waals surface area contributed by atoms with Crippen LogP contribution in [0, 0.1) is 0 Å². The molecule has 0 aliphatic heterocycles. The topological polar surface area (TPSA) is 66.9 Å². The molecular formula is C18H22N2O4. The number of hydrogen-bond acceptors (Lipinski definition) is 5. The van der Waals surface area contributed by atoms with Crippen molar-refractivity contribution in [1.82, 2.24) is 9.80 Å². The molecule has 0 saturated heterocycles. The molecule has 0 unspecified atom stereocenters. The third-order valence-corrected chi connectivity index (χ3v) is 3.97. The fraction of sp³-hybridized carbons (Fsp3) is 0.389. The number of hydrogen-bond donors (Lipinski definition) is 0. The van der Waals surface area contributed by atoms with Gasteiger partial charge in [0.05, 0.1) is 0 Å². The van der Waals surface area contributed by atoms with E-state index in [4.69, 9.17) is 4.74 Å². The molecule has 6 nitrogen and oxygen atoms in total. The summed E-state index contributed by atoms with van der Waals surface area (Å²) >= 11 is 0. The summed E-state index contributed by atoms with van der Waals surface area (Å²) in [6, 6.07) is 6.69. The number of benzene rings is 1. The lowest BCUT2D eigenvalue weighted by molar-refractivity contribution is -0.128. The fourth-order valence-electron chi connectivity index (χ4n) is 2.74. The number of ketones is 2. The van der Waals surface area contributed by atoms with E-state index in [1.165, 1.54) is 11.9 Å². The van der Waals surface area contributed by atoms with Crippen molar-refractivity contribution in [3.05, 3.63) is 46.8 Å². The molecule has 1 aromatic rings. The van der Waals surface area contributed by atoms with Crippen LogP contribution in [0.15, 0.2) is 35.7 Å². The molecule has 0 atom stereocenters. The van der Waals surface area contributed by atoms with Gasteiger partial charge in [-0.2, -0.15) is 0 Å². The van der Waals surface area contributed by atoms with Gasteiger partial charge in [-0.05, 0) is 6.42 Å². The maximum Gasteiger partial charge on any atom is 0.226 e. The second-order valence-corrected chi connectivity index (χ2v) is 5.84. The van der Waals surface area contributed by atoms with Gasteiger partial charge in [0.1, 0.15) is 11.4 Å². The zero-order valence-electron chi connectivity index (χ0n) is 14.5. The van der Waals surface area contributed by atoms with E-state index < -0.39 is 0 Å². The summed E-state index contributed by atoms with van der Waals surface area (Å²) in [7, 11) is 6.49. The van der Waals surface area contributed by atoms with E-state index in [1.54, 1.807) is 50.4 Å². The quantitative estimate of drug-likeness (QED) is 0.743. The molecule has 0 fully saturated rings. The molecule has 2 rings (SSSR count). The van der Waals surface area contributed by atoms with Gasteiger partial charge in [-0.15, -0.1) is 0 Å². The first-order valence-corrected chi connectivity index (χ1v) is 7.75. The molecule has 0 N–H and O–H groups in total. The van der Waals surface area contributed by atoms with Crippen LogP contribution in [0.1, 0.15) is 33.6 Å². The van der Waals surface area contributed by atoms with Crippen LogP contribution in [0.25, 0.3) is 0 Å². The highest BCUT2D eigenvalue weighted by Crippen LogP contribution is 2.29. The van der Waals surface area contributed by atoms with Crippen molar-refractivity contribution >= 4 is 17.5 Å². The molecule has 0 radical (unpaired) electrons. The number of methoxy groups -OCH3 is 1. The Labute approximate surface area is 141 Å². The number of nitrogens with zero attached hydrogens (tertiary/aromatic N) is 2. The van der Waals surface area contributed by atoms with E-state index in [2.05, 4.69) is 0 Å². The fourth-order valence-corrected chi connectivity index (χ4v) is 2.74. The SMILES string of the molecule is COCCCC(=O)N(C)C1=C(N(C)C)C(=O)c2ccccc2C1=O. The Morgan fingerprint density at radius 1 is 1.00 bits per heavy atom. The summed E-state index contributed by atoms with van der Waals surface area (Å²) in [5.74, 6) is -0.778. The van der Waals surface area contributed by atoms with Gasteiger partial charge < -0.3 is 14.5 Å². The molecule has 0 spiro atoms. The predicted molar refractivity (Wildman–Crippen MR) is 89.7 cm³/mol. The Hall–Kier alpha value is -2.47. The van der Waals surface area contributed by atoms with E-state index in [9.17, 15) is 14.4 Å². The van der Waals surface area contributed by atoms with Gasteiger partial charge in [0.2, 0.25) is 17.5 Å². The second-order valence-electron chi connectivity index (χ2n) is 5.84. The Morgan fingerprint density at radius 3 is 2.04 bits per heavy atom. The summed E-state index contributed by atoms with van der Waals surface area (Å²) in [5, 5.41) is 0. The highest BCUT2D eigenvalue weighted by Gasteiger charge is 2.36. The number of fused-ring (bicyclic) bond motifs is 1. The van der Waals surface area contributed by atoms with Crippen LogP contribution in [-0.2, 0) is 9.53 Å². The summed E-state index contributed by atoms with van der Waals surface area (Å²) in [6.07, 6.45) is 0.806. The van der Waals surface area contributed by atoms with Crippen LogP contribution in [-0.4, -0.2) is 62.1 Å². The predicted octanol–water partition coefficient (Wildman–Crippen LogP) is 1.72. The number of carbonyl (C=O) groups is 3. The molecule has 6 heteroatoms. The number of likely N-dealkylation sites (N-methyl/N-ethyl adjacent to an activating group) is 2. The Balaban J connectivity index is 2.44. The van der Waals surface area contributed by atoms with Gasteiger partial charge in [-0.25, -0.2) is 0 Å². The number of carbonyl (C=O) groups excluding carboxylic acids is 3. The van der Waals surface area contributed by atoms with Crippen molar-refractivity contribution in [2.45, 2.75) is 12.8 Å². The lowest BCUT2D eigenvalue weighted by atomic mass is 9.89. The lowest BCUT2D eigenvalue weighted by Crippen LogP contribution is -2.39. The van der Waals surface area contributed by atoms with Crippen molar-refractivity contribution in [3.8, 4) is 0 Å². The normalized spacial score (nSPS) is 13.8. The van der Waals surface area contributed by atoms with Gasteiger partial charge in [0.25, 0.3) is 0 Å². The average molecular weight is 330 g/mol. The molecule has 0 saturated carbocycles. The highest BCUT2D eigenvalue weighted by atomic mass is 16.5. The van der Waals surface area contributed by atoms with E-state index >= 15 is 0 Å². The zero-order valence-corrected chi connectivity index (χ0v) is 14.5. The van der Waals surface area contributed by atoms with Gasteiger partial charge in [0, 0.05) is 52.4 Å². The van der Waals surface area contributed by atoms with E-state index in [0.717, 1.165) is 0 Å². The number of allylic oxidation sites excluding steroid dienone is 2. The van der Waals surface area contributed by atoms with Crippen molar-refractivity contribution in [3.63, 3.8) is 0 Å². The number of amides is 1. The molecule has 128 valence electrons. The van der Waals surface area contributed by atoms with Gasteiger partial charge in [-0.1, -0.05) is 24.3 Å². The minimum absolute atomic E-state index is 0.131. The maximum atomic E-state index is 12.9. The zero-order chi connectivity index (χ0) is 17.9. The maximum absolute atomic E-state index is 12.9. The molecule has 1 aliphatic carbocycles. The standard InChI is InChI=1S/C18H22N2O4/c1-19(2)15-16(20(3)14(21)10-7-11-24-4)18(23)13-9-6-5-8-12(13)17(15)22/h5-6,8-9H,7,10-11H2,1-4H3. The minimum atomic E-state index is -0.309. The first-order valence-electron chi connectivity index (χ1n) is 7.75. The first kappa shape index (κ1) is 17.9. The molecule has 1 amide bonds. The average Bonchev–Trinajstić information content (AvgIpc) is 2.57. The van der Waals surface area contributed by atoms with Crippen LogP contribution in [0.3, 0.4) is 0 Å². The van der Waals surface area contributed by atoms with Crippen molar-refractivity contribution < 1.29 is 19.1 Å². The number of rotatable bonds is 6. The summed E-state index contributed by atoms with van der Waals surface area (Å²) < 4.78 is 4.95. The molecule has 24 heavy (non-hydrogen) atoms. The summed E-state index contributed by atoms with van der Waals surface area (Å²) in [6.45, 7) is 0.467. The van der Waals surface area contributed by atoms with Crippen LogP contribution >= 0.6 is 0 Å². The Bertz CT molecular complexity index is 707. The third kappa shape index (κ3) is 3.23. The largest absolute Gasteiger partial charge is 0.385 e.